The molecule has 0 fully saturated rings. The van der Waals surface area contributed by atoms with Crippen molar-refractivity contribution in [3.8, 4) is 5.75 Å². The molecule has 0 saturated heterocycles. The third kappa shape index (κ3) is 5.35. The number of hydrogen-bond acceptors (Lipinski definition) is 4. The summed E-state index contributed by atoms with van der Waals surface area (Å²) in [7, 11) is 1.34. The van der Waals surface area contributed by atoms with Gasteiger partial charge in [0.25, 0.3) is 0 Å². The standard InChI is InChI=1S/C19H17BrO4/c1-23-19(22)11-6-14-2-4-15(5-3-14)13-24-17-9-7-16(8-10-17)18(21)12-20/h2-11H,12-13H2,1H3/b11-6+. The second-order valence-electron chi connectivity index (χ2n) is 4.97. The summed E-state index contributed by atoms with van der Waals surface area (Å²) in [4.78, 5) is 22.6. The van der Waals surface area contributed by atoms with Crippen molar-refractivity contribution < 1.29 is 19.1 Å². The van der Waals surface area contributed by atoms with E-state index < -0.39 is 0 Å². The molecule has 2 aromatic carbocycles. The molecule has 2 rings (SSSR count). The maximum absolute atomic E-state index is 11.5. The Morgan fingerprint density at radius 2 is 1.71 bits per heavy atom. The first-order chi connectivity index (χ1) is 11.6. The van der Waals surface area contributed by atoms with Crippen LogP contribution in [0.3, 0.4) is 0 Å². The largest absolute Gasteiger partial charge is 0.489 e. The molecule has 0 heterocycles. The van der Waals surface area contributed by atoms with Gasteiger partial charge in [-0.15, -0.1) is 0 Å². The maximum atomic E-state index is 11.5. The van der Waals surface area contributed by atoms with E-state index in [4.69, 9.17) is 4.74 Å². The fourth-order valence-electron chi connectivity index (χ4n) is 1.94. The van der Waals surface area contributed by atoms with Gasteiger partial charge in [0.2, 0.25) is 0 Å². The molecule has 0 aliphatic carbocycles. The molecule has 2 aromatic rings. The van der Waals surface area contributed by atoms with Crippen molar-refractivity contribution in [3.63, 3.8) is 0 Å². The fraction of sp³-hybridized carbons (Fsp3) is 0.158. The first-order valence-electron chi connectivity index (χ1n) is 7.29. The van der Waals surface area contributed by atoms with E-state index >= 15 is 0 Å². The van der Waals surface area contributed by atoms with Crippen LogP contribution in [-0.2, 0) is 16.1 Å². The summed E-state index contributed by atoms with van der Waals surface area (Å²) in [5, 5.41) is 0.310. The van der Waals surface area contributed by atoms with Crippen molar-refractivity contribution in [1.29, 1.82) is 0 Å². The van der Waals surface area contributed by atoms with Crippen molar-refractivity contribution in [3.05, 3.63) is 71.3 Å². The van der Waals surface area contributed by atoms with Crippen LogP contribution in [0.25, 0.3) is 6.08 Å². The Kier molecular flexibility index (Phi) is 6.75. The van der Waals surface area contributed by atoms with Crippen LogP contribution in [-0.4, -0.2) is 24.2 Å². The van der Waals surface area contributed by atoms with Gasteiger partial charge in [0.15, 0.2) is 5.78 Å². The molecule has 0 atom stereocenters. The molecule has 0 aliphatic heterocycles. The normalized spacial score (nSPS) is 10.6. The smallest absolute Gasteiger partial charge is 0.330 e. The van der Waals surface area contributed by atoms with E-state index in [1.54, 1.807) is 30.3 Å². The predicted octanol–water partition coefficient (Wildman–Crippen LogP) is 4.03. The molecule has 0 N–H and O–H groups in total. The fourth-order valence-corrected chi connectivity index (χ4v) is 2.26. The maximum Gasteiger partial charge on any atom is 0.330 e. The Balaban J connectivity index is 1.91. The Labute approximate surface area is 149 Å². The SMILES string of the molecule is COC(=O)/C=C/c1ccc(COc2ccc(C(=O)CBr)cc2)cc1. The van der Waals surface area contributed by atoms with Gasteiger partial charge < -0.3 is 9.47 Å². The van der Waals surface area contributed by atoms with Crippen molar-refractivity contribution in [2.75, 3.05) is 12.4 Å². The van der Waals surface area contributed by atoms with E-state index in [2.05, 4.69) is 20.7 Å². The second kappa shape index (κ2) is 9.03. The van der Waals surface area contributed by atoms with Crippen molar-refractivity contribution >= 4 is 33.8 Å². The van der Waals surface area contributed by atoms with Crippen LogP contribution in [0.1, 0.15) is 21.5 Å². The van der Waals surface area contributed by atoms with E-state index in [1.807, 2.05) is 24.3 Å². The molecule has 124 valence electrons. The molecular weight excluding hydrogens is 372 g/mol. The van der Waals surface area contributed by atoms with Crippen molar-refractivity contribution in [2.45, 2.75) is 6.61 Å². The van der Waals surface area contributed by atoms with Gasteiger partial charge in [-0.1, -0.05) is 40.2 Å². The second-order valence-corrected chi connectivity index (χ2v) is 5.53. The summed E-state index contributed by atoms with van der Waals surface area (Å²) in [5.74, 6) is 0.359. The molecule has 0 spiro atoms. The number of carbonyl (C=O) groups is 2. The number of esters is 1. The summed E-state index contributed by atoms with van der Waals surface area (Å²) in [6.45, 7) is 0.423. The summed E-state index contributed by atoms with van der Waals surface area (Å²) in [6.07, 6.45) is 3.07. The Morgan fingerprint density at radius 3 is 2.29 bits per heavy atom. The zero-order valence-corrected chi connectivity index (χ0v) is 14.8. The van der Waals surface area contributed by atoms with E-state index in [0.29, 0.717) is 23.2 Å². The average Bonchev–Trinajstić information content (AvgIpc) is 2.65. The third-order valence-electron chi connectivity index (χ3n) is 3.30. The minimum absolute atomic E-state index is 0.0390. The Bertz CT molecular complexity index is 718. The lowest BCUT2D eigenvalue weighted by Crippen LogP contribution is -2.00. The topological polar surface area (TPSA) is 52.6 Å². The van der Waals surface area contributed by atoms with Crippen LogP contribution in [0.2, 0.25) is 0 Å². The lowest BCUT2D eigenvalue weighted by Gasteiger charge is -2.07. The van der Waals surface area contributed by atoms with E-state index in [9.17, 15) is 9.59 Å². The number of Topliss-reactive ketones (excluding diaryl/α,β-unsaturated/α-hetero) is 1. The molecule has 5 heteroatoms. The number of ether oxygens (including phenoxy) is 2. The van der Waals surface area contributed by atoms with E-state index in [1.165, 1.54) is 13.2 Å². The molecule has 0 amide bonds. The minimum atomic E-state index is -0.385. The number of hydrogen-bond donors (Lipinski definition) is 0. The van der Waals surface area contributed by atoms with Crippen molar-refractivity contribution in [1.82, 2.24) is 0 Å². The van der Waals surface area contributed by atoms with Gasteiger partial charge >= 0.3 is 5.97 Å². The highest BCUT2D eigenvalue weighted by atomic mass is 79.9. The number of carbonyl (C=O) groups excluding carboxylic acids is 2. The molecular formula is C19H17BrO4. The van der Waals surface area contributed by atoms with Crippen LogP contribution in [0.4, 0.5) is 0 Å². The quantitative estimate of drug-likeness (QED) is 0.311. The third-order valence-corrected chi connectivity index (χ3v) is 3.81. The highest BCUT2D eigenvalue weighted by molar-refractivity contribution is 9.09. The van der Waals surface area contributed by atoms with Gasteiger partial charge in [-0.05, 0) is 41.5 Å². The lowest BCUT2D eigenvalue weighted by atomic mass is 10.1. The summed E-state index contributed by atoms with van der Waals surface area (Å²) in [5.41, 5.74) is 2.56. The van der Waals surface area contributed by atoms with E-state index in [0.717, 1.165) is 11.1 Å². The number of rotatable bonds is 7. The predicted molar refractivity (Wildman–Crippen MR) is 96.4 cm³/mol. The van der Waals surface area contributed by atoms with E-state index in [-0.39, 0.29) is 11.8 Å². The molecule has 24 heavy (non-hydrogen) atoms. The molecule has 0 radical (unpaired) electrons. The van der Waals surface area contributed by atoms with Gasteiger partial charge in [-0.2, -0.15) is 0 Å². The summed E-state index contributed by atoms with van der Waals surface area (Å²) < 4.78 is 10.2. The average molecular weight is 389 g/mol. The van der Waals surface area contributed by atoms with Gasteiger partial charge in [0.05, 0.1) is 12.4 Å². The molecule has 0 saturated carbocycles. The van der Waals surface area contributed by atoms with Gasteiger partial charge in [0.1, 0.15) is 12.4 Å². The van der Waals surface area contributed by atoms with Crippen LogP contribution in [0, 0.1) is 0 Å². The monoisotopic (exact) mass is 388 g/mol. The number of alkyl halides is 1. The number of benzene rings is 2. The zero-order valence-electron chi connectivity index (χ0n) is 13.2. The summed E-state index contributed by atoms with van der Waals surface area (Å²) in [6, 6.07) is 14.7. The highest BCUT2D eigenvalue weighted by Crippen LogP contribution is 2.15. The number of halogens is 1. The molecule has 4 nitrogen and oxygen atoms in total. The van der Waals surface area contributed by atoms with Gasteiger partial charge in [-0.3, -0.25) is 4.79 Å². The first kappa shape index (κ1) is 17.9. The van der Waals surface area contributed by atoms with Crippen LogP contribution >= 0.6 is 15.9 Å². The highest BCUT2D eigenvalue weighted by Gasteiger charge is 2.03. The minimum Gasteiger partial charge on any atom is -0.489 e. The van der Waals surface area contributed by atoms with Gasteiger partial charge in [0, 0.05) is 11.6 Å². The Morgan fingerprint density at radius 1 is 1.04 bits per heavy atom. The summed E-state index contributed by atoms with van der Waals surface area (Å²) >= 11 is 3.15. The molecule has 0 aromatic heterocycles. The zero-order chi connectivity index (χ0) is 17.4. The van der Waals surface area contributed by atoms with Crippen LogP contribution in [0.15, 0.2) is 54.6 Å². The van der Waals surface area contributed by atoms with Crippen LogP contribution < -0.4 is 4.74 Å². The lowest BCUT2D eigenvalue weighted by molar-refractivity contribution is -0.134. The number of ketones is 1. The van der Waals surface area contributed by atoms with Gasteiger partial charge in [-0.25, -0.2) is 4.79 Å². The van der Waals surface area contributed by atoms with Crippen LogP contribution in [0.5, 0.6) is 5.75 Å². The molecule has 0 bridgehead atoms. The first-order valence-corrected chi connectivity index (χ1v) is 8.41. The van der Waals surface area contributed by atoms with Crippen molar-refractivity contribution in [2.24, 2.45) is 0 Å². The Hall–Kier alpha value is -2.40. The molecule has 0 unspecified atom stereocenters. The molecule has 0 aliphatic rings. The number of methoxy groups -OCH3 is 1.